The van der Waals surface area contributed by atoms with E-state index in [0.29, 0.717) is 24.2 Å². The third-order valence-electron chi connectivity index (χ3n) is 6.06. The second-order valence-electron chi connectivity index (χ2n) is 8.18. The van der Waals surface area contributed by atoms with Crippen LogP contribution in [0.5, 0.6) is 0 Å². The van der Waals surface area contributed by atoms with Crippen LogP contribution in [0.25, 0.3) is 0 Å². The van der Waals surface area contributed by atoms with Crippen LogP contribution in [0.1, 0.15) is 52.0 Å². The number of methoxy groups -OCH3 is 1. The van der Waals surface area contributed by atoms with E-state index in [1.54, 1.807) is 39.0 Å². The third-order valence-corrected chi connectivity index (χ3v) is 6.06. The minimum Gasteiger partial charge on any atom is -0.468 e. The van der Waals surface area contributed by atoms with Crippen molar-refractivity contribution in [3.05, 3.63) is 58.2 Å². The van der Waals surface area contributed by atoms with Gasteiger partial charge in [0.1, 0.15) is 11.7 Å². The van der Waals surface area contributed by atoms with Crippen LogP contribution in [0.3, 0.4) is 0 Å². The zero-order valence-corrected chi connectivity index (χ0v) is 18.5. The molecule has 1 aliphatic carbocycles. The molecule has 7 heteroatoms. The number of hydrogen-bond acceptors (Lipinski definition) is 6. The maximum atomic E-state index is 14.9. The lowest BCUT2D eigenvalue weighted by atomic mass is 9.69. The highest BCUT2D eigenvalue weighted by Crippen LogP contribution is 2.46. The van der Waals surface area contributed by atoms with Crippen LogP contribution in [-0.2, 0) is 23.9 Å². The summed E-state index contributed by atoms with van der Waals surface area (Å²) in [5.41, 5.74) is 1.70. The second-order valence-corrected chi connectivity index (χ2v) is 8.18. The number of benzene rings is 1. The average molecular weight is 429 g/mol. The number of esters is 2. The minimum atomic E-state index is -1.01. The number of nitrogens with one attached hydrogen (secondary N) is 1. The molecule has 0 spiro atoms. The molecule has 1 aromatic rings. The van der Waals surface area contributed by atoms with Gasteiger partial charge in [-0.05, 0) is 38.7 Å². The van der Waals surface area contributed by atoms with Crippen molar-refractivity contribution in [3.8, 4) is 0 Å². The molecule has 3 rings (SSSR count). The molecule has 0 radical (unpaired) electrons. The molecule has 4 atom stereocenters. The van der Waals surface area contributed by atoms with E-state index in [1.165, 1.54) is 13.2 Å². The Morgan fingerprint density at radius 3 is 2.58 bits per heavy atom. The summed E-state index contributed by atoms with van der Waals surface area (Å²) >= 11 is 0. The van der Waals surface area contributed by atoms with E-state index in [9.17, 15) is 18.8 Å². The lowest BCUT2D eigenvalue weighted by molar-refractivity contribution is -0.151. The Balaban J connectivity index is 2.18. The smallest absolute Gasteiger partial charge is 0.337 e. The number of ketones is 1. The maximum Gasteiger partial charge on any atom is 0.337 e. The molecule has 0 unspecified atom stereocenters. The third kappa shape index (κ3) is 4.13. The van der Waals surface area contributed by atoms with E-state index in [2.05, 4.69) is 5.32 Å². The standard InChI is InChI=1S/C24H28FNO5/c1-6-13(3)31-24(29)19-14(4)26-17-11-12(2)18(23(28)30-5)22(27)21(17)20(19)15-9-7-8-10-16(15)25/h7-10,12-13,18,20,26H,6,11H2,1-5H3/t12-,13+,18-,20+/m1/s1. The molecular formula is C24H28FNO5. The van der Waals surface area contributed by atoms with Crippen LogP contribution in [0.4, 0.5) is 4.39 Å². The maximum absolute atomic E-state index is 14.9. The van der Waals surface area contributed by atoms with E-state index in [1.807, 2.05) is 6.92 Å². The summed E-state index contributed by atoms with van der Waals surface area (Å²) in [6.07, 6.45) is 0.677. The van der Waals surface area contributed by atoms with Gasteiger partial charge in [0.25, 0.3) is 0 Å². The van der Waals surface area contributed by atoms with Crippen molar-refractivity contribution in [1.82, 2.24) is 5.32 Å². The van der Waals surface area contributed by atoms with Gasteiger partial charge in [-0.2, -0.15) is 0 Å². The molecule has 166 valence electrons. The van der Waals surface area contributed by atoms with Crippen LogP contribution >= 0.6 is 0 Å². The first-order valence-electron chi connectivity index (χ1n) is 10.5. The Morgan fingerprint density at radius 1 is 1.29 bits per heavy atom. The van der Waals surface area contributed by atoms with Crippen molar-refractivity contribution in [2.45, 2.75) is 52.6 Å². The molecule has 0 bridgehead atoms. The number of allylic oxidation sites excluding steroid dienone is 3. The topological polar surface area (TPSA) is 81.7 Å². The van der Waals surface area contributed by atoms with Gasteiger partial charge in [-0.1, -0.05) is 32.0 Å². The molecular weight excluding hydrogens is 401 g/mol. The predicted octanol–water partition coefficient (Wildman–Crippen LogP) is 3.78. The lowest BCUT2D eigenvalue weighted by Gasteiger charge is -2.38. The molecule has 1 heterocycles. The fourth-order valence-electron chi connectivity index (χ4n) is 4.30. The summed E-state index contributed by atoms with van der Waals surface area (Å²) in [5, 5.41) is 3.16. The molecule has 1 aromatic carbocycles. The number of rotatable bonds is 5. The minimum absolute atomic E-state index is 0.177. The van der Waals surface area contributed by atoms with Crippen molar-refractivity contribution in [3.63, 3.8) is 0 Å². The number of Topliss-reactive ketones (excluding diaryl/α,β-unsaturated/α-hetero) is 1. The average Bonchev–Trinajstić information content (AvgIpc) is 2.72. The van der Waals surface area contributed by atoms with Crippen LogP contribution < -0.4 is 5.32 Å². The Hall–Kier alpha value is -2.96. The quantitative estimate of drug-likeness (QED) is 0.567. The molecule has 31 heavy (non-hydrogen) atoms. The molecule has 6 nitrogen and oxygen atoms in total. The number of carbonyl (C=O) groups excluding carboxylic acids is 3. The Labute approximate surface area is 181 Å². The summed E-state index contributed by atoms with van der Waals surface area (Å²) in [4.78, 5) is 39.0. The molecule has 0 fully saturated rings. The van der Waals surface area contributed by atoms with Gasteiger partial charge in [-0.25, -0.2) is 9.18 Å². The zero-order chi connectivity index (χ0) is 22.9. The Kier molecular flexibility index (Phi) is 6.62. The summed E-state index contributed by atoms with van der Waals surface area (Å²) < 4.78 is 25.3. The van der Waals surface area contributed by atoms with E-state index >= 15 is 0 Å². The zero-order valence-electron chi connectivity index (χ0n) is 18.5. The normalized spacial score (nSPS) is 24.3. The van der Waals surface area contributed by atoms with Crippen molar-refractivity contribution in [1.29, 1.82) is 0 Å². The van der Waals surface area contributed by atoms with Crippen LogP contribution in [-0.4, -0.2) is 30.9 Å². The fourth-order valence-corrected chi connectivity index (χ4v) is 4.30. The highest BCUT2D eigenvalue weighted by molar-refractivity contribution is 6.12. The number of carbonyl (C=O) groups is 3. The van der Waals surface area contributed by atoms with Crippen molar-refractivity contribution >= 4 is 17.7 Å². The summed E-state index contributed by atoms with van der Waals surface area (Å²) in [5.74, 6) is -4.52. The van der Waals surface area contributed by atoms with Gasteiger partial charge in [0.15, 0.2) is 5.78 Å². The van der Waals surface area contributed by atoms with Gasteiger partial charge in [0, 0.05) is 22.5 Å². The Morgan fingerprint density at radius 2 is 1.97 bits per heavy atom. The predicted molar refractivity (Wildman–Crippen MR) is 112 cm³/mol. The van der Waals surface area contributed by atoms with E-state index < -0.39 is 35.4 Å². The van der Waals surface area contributed by atoms with Gasteiger partial charge in [0.2, 0.25) is 0 Å². The van der Waals surface area contributed by atoms with Crippen LogP contribution in [0, 0.1) is 17.7 Å². The molecule has 0 amide bonds. The Bertz CT molecular complexity index is 980. The van der Waals surface area contributed by atoms with E-state index in [-0.39, 0.29) is 28.7 Å². The van der Waals surface area contributed by atoms with Gasteiger partial charge in [-0.3, -0.25) is 9.59 Å². The SMILES string of the molecule is CC[C@H](C)OC(=O)C1=C(C)NC2=C(C(=O)[C@H](C(=O)OC)[C@H](C)C2)[C@H]1c1ccccc1F. The van der Waals surface area contributed by atoms with Gasteiger partial charge in [-0.15, -0.1) is 0 Å². The first-order valence-corrected chi connectivity index (χ1v) is 10.5. The highest BCUT2D eigenvalue weighted by Gasteiger charge is 2.47. The molecule has 2 aliphatic rings. The van der Waals surface area contributed by atoms with Gasteiger partial charge < -0.3 is 14.8 Å². The monoisotopic (exact) mass is 429 g/mol. The number of halogens is 1. The summed E-state index contributed by atoms with van der Waals surface area (Å²) in [7, 11) is 1.23. The van der Waals surface area contributed by atoms with Crippen molar-refractivity contribution in [2.75, 3.05) is 7.11 Å². The summed E-state index contributed by atoms with van der Waals surface area (Å²) in [6, 6.07) is 6.04. The molecule has 0 aromatic heterocycles. The highest BCUT2D eigenvalue weighted by atomic mass is 19.1. The van der Waals surface area contributed by atoms with E-state index in [0.717, 1.165) is 0 Å². The largest absolute Gasteiger partial charge is 0.468 e. The number of ether oxygens (including phenoxy) is 2. The van der Waals surface area contributed by atoms with Gasteiger partial charge >= 0.3 is 11.9 Å². The summed E-state index contributed by atoms with van der Waals surface area (Å²) in [6.45, 7) is 7.18. The second kappa shape index (κ2) is 9.04. The first-order chi connectivity index (χ1) is 14.7. The van der Waals surface area contributed by atoms with Crippen LogP contribution in [0.15, 0.2) is 46.8 Å². The number of hydrogen-bond donors (Lipinski definition) is 1. The lowest BCUT2D eigenvalue weighted by Crippen LogP contribution is -2.43. The molecule has 0 saturated carbocycles. The van der Waals surface area contributed by atoms with E-state index in [4.69, 9.17) is 9.47 Å². The molecule has 0 saturated heterocycles. The van der Waals surface area contributed by atoms with Crippen LogP contribution in [0.2, 0.25) is 0 Å². The van der Waals surface area contributed by atoms with Crippen molar-refractivity contribution in [2.24, 2.45) is 11.8 Å². The number of dihydropyridines is 1. The van der Waals surface area contributed by atoms with Crippen molar-refractivity contribution < 1.29 is 28.2 Å². The fraction of sp³-hybridized carbons (Fsp3) is 0.458. The molecule has 1 N–H and O–H groups in total. The van der Waals surface area contributed by atoms with Gasteiger partial charge in [0.05, 0.1) is 24.7 Å². The first kappa shape index (κ1) is 22.7. The molecule has 1 aliphatic heterocycles.